The van der Waals surface area contributed by atoms with Crippen LogP contribution in [0.1, 0.15) is 39.2 Å². The van der Waals surface area contributed by atoms with E-state index in [4.69, 9.17) is 14.2 Å². The van der Waals surface area contributed by atoms with Gasteiger partial charge < -0.3 is 14.2 Å². The quantitative estimate of drug-likeness (QED) is 0.606. The van der Waals surface area contributed by atoms with Crippen molar-refractivity contribution in [1.82, 2.24) is 9.03 Å². The van der Waals surface area contributed by atoms with Crippen LogP contribution in [0.2, 0.25) is 0 Å². The maximum absolute atomic E-state index is 12.0. The summed E-state index contributed by atoms with van der Waals surface area (Å²) in [6, 6.07) is 5.44. The number of rotatable bonds is 6. The van der Waals surface area contributed by atoms with Crippen LogP contribution >= 0.6 is 12.1 Å². The fourth-order valence-electron chi connectivity index (χ4n) is 2.33. The second kappa shape index (κ2) is 8.33. The lowest BCUT2D eigenvalue weighted by Gasteiger charge is -2.18. The number of unbranched alkanes of at least 4 members (excludes halogenated alkanes) is 1. The summed E-state index contributed by atoms with van der Waals surface area (Å²) < 4.78 is 19.8. The molecule has 1 N–H and O–H groups in total. The van der Waals surface area contributed by atoms with E-state index in [0.717, 1.165) is 37.0 Å². The van der Waals surface area contributed by atoms with Gasteiger partial charge in [0.05, 0.1) is 18.7 Å². The van der Waals surface area contributed by atoms with Gasteiger partial charge in [0.15, 0.2) is 11.5 Å². The molecule has 1 aliphatic heterocycles. The van der Waals surface area contributed by atoms with Crippen molar-refractivity contribution >= 4 is 24.3 Å². The van der Waals surface area contributed by atoms with Crippen LogP contribution in [0.15, 0.2) is 18.2 Å². The van der Waals surface area contributed by atoms with Crippen LogP contribution in [0.5, 0.6) is 11.5 Å². The molecule has 0 radical (unpaired) electrons. The highest BCUT2D eigenvalue weighted by molar-refractivity contribution is 7.96. The molecule has 1 aliphatic rings. The first-order valence-electron chi connectivity index (χ1n) is 8.18. The Labute approximate surface area is 152 Å². The Bertz CT molecular complexity index is 635. The predicted molar refractivity (Wildman–Crippen MR) is 95.6 cm³/mol. The molecule has 0 unspecified atom stereocenters. The van der Waals surface area contributed by atoms with E-state index in [9.17, 15) is 9.59 Å². The van der Waals surface area contributed by atoms with E-state index < -0.39 is 12.2 Å². The van der Waals surface area contributed by atoms with Crippen molar-refractivity contribution in [2.45, 2.75) is 45.6 Å². The van der Waals surface area contributed by atoms with E-state index in [1.165, 1.54) is 11.4 Å². The molecule has 0 saturated heterocycles. The molecule has 0 atom stereocenters. The number of carbonyl (C=O) groups excluding carboxylic acids is 2. The van der Waals surface area contributed by atoms with E-state index in [1.807, 2.05) is 32.9 Å². The predicted octanol–water partition coefficient (Wildman–Crippen LogP) is 3.92. The number of para-hydroxylation sites is 1. The normalized spacial score (nSPS) is 14.2. The Morgan fingerprint density at radius 2 is 2.16 bits per heavy atom. The molecule has 0 saturated carbocycles. The maximum Gasteiger partial charge on any atom is 0.424 e. The van der Waals surface area contributed by atoms with Gasteiger partial charge in [0.2, 0.25) is 0 Å². The van der Waals surface area contributed by atoms with Gasteiger partial charge in [0.1, 0.15) is 5.60 Å². The van der Waals surface area contributed by atoms with Crippen molar-refractivity contribution in [3.63, 3.8) is 0 Å². The van der Waals surface area contributed by atoms with E-state index in [0.29, 0.717) is 18.1 Å². The van der Waals surface area contributed by atoms with Crippen molar-refractivity contribution in [3.05, 3.63) is 23.8 Å². The minimum absolute atomic E-state index is 0.324. The zero-order valence-corrected chi connectivity index (χ0v) is 15.8. The molecule has 0 aliphatic carbocycles. The first-order chi connectivity index (χ1) is 11.8. The molecule has 0 spiro atoms. The van der Waals surface area contributed by atoms with Gasteiger partial charge >= 0.3 is 12.2 Å². The second-order valence-corrected chi connectivity index (χ2v) is 7.27. The largest absolute Gasteiger partial charge is 0.483 e. The van der Waals surface area contributed by atoms with Crippen LogP contribution in [0.25, 0.3) is 0 Å². The third-order valence-electron chi connectivity index (χ3n) is 3.50. The standard InChI is InChI=1S/C17H24N2O5S/c1-5-6-10-22-16(21)19(4)25-18-15(20)23-13-9-7-8-12-11-17(2,3)24-14(12)13/h7-9H,5-6,10-11H2,1-4H3,(H,18,20). The van der Waals surface area contributed by atoms with Crippen LogP contribution in [0.4, 0.5) is 9.59 Å². The van der Waals surface area contributed by atoms with E-state index in [-0.39, 0.29) is 5.60 Å². The number of fused-ring (bicyclic) bond motifs is 1. The molecule has 1 heterocycles. The first-order valence-corrected chi connectivity index (χ1v) is 8.96. The monoisotopic (exact) mass is 368 g/mol. The van der Waals surface area contributed by atoms with Gasteiger partial charge in [-0.15, -0.1) is 0 Å². The minimum atomic E-state index is -0.695. The molecule has 2 amide bonds. The third kappa shape index (κ3) is 5.45. The van der Waals surface area contributed by atoms with Crippen molar-refractivity contribution in [3.8, 4) is 11.5 Å². The number of hydrogen-bond donors (Lipinski definition) is 1. The summed E-state index contributed by atoms with van der Waals surface area (Å²) in [5, 5.41) is 0. The molecule has 0 fully saturated rings. The number of nitrogens with zero attached hydrogens (tertiary/aromatic N) is 1. The Kier molecular flexibility index (Phi) is 6.41. The van der Waals surface area contributed by atoms with E-state index >= 15 is 0 Å². The zero-order chi connectivity index (χ0) is 18.4. The van der Waals surface area contributed by atoms with Gasteiger partial charge in [-0.2, -0.15) is 0 Å². The summed E-state index contributed by atoms with van der Waals surface area (Å²) in [7, 11) is 1.51. The maximum atomic E-state index is 12.0. The lowest BCUT2D eigenvalue weighted by molar-refractivity contribution is 0.130. The summed E-state index contributed by atoms with van der Waals surface area (Å²) in [5.41, 5.74) is 0.676. The highest BCUT2D eigenvalue weighted by Gasteiger charge is 2.32. The fraction of sp³-hybridized carbons (Fsp3) is 0.529. The molecule has 25 heavy (non-hydrogen) atoms. The summed E-state index contributed by atoms with van der Waals surface area (Å²) in [6.07, 6.45) is 1.27. The number of carbonyl (C=O) groups is 2. The van der Waals surface area contributed by atoms with Gasteiger partial charge in [0.25, 0.3) is 0 Å². The molecule has 2 rings (SSSR count). The highest BCUT2D eigenvalue weighted by atomic mass is 32.2. The SMILES string of the molecule is CCCCOC(=O)N(C)SNC(=O)Oc1cccc2c1OC(C)(C)C2. The van der Waals surface area contributed by atoms with Crippen molar-refractivity contribution < 1.29 is 23.8 Å². The minimum Gasteiger partial charge on any atom is -0.483 e. The number of nitrogens with one attached hydrogen (secondary N) is 1. The van der Waals surface area contributed by atoms with Crippen molar-refractivity contribution in [1.29, 1.82) is 0 Å². The average Bonchev–Trinajstić information content (AvgIpc) is 2.87. The second-order valence-electron chi connectivity index (χ2n) is 6.33. The van der Waals surface area contributed by atoms with Crippen molar-refractivity contribution in [2.24, 2.45) is 0 Å². The zero-order valence-electron chi connectivity index (χ0n) is 15.0. The van der Waals surface area contributed by atoms with Crippen LogP contribution in [0, 0.1) is 0 Å². The average molecular weight is 368 g/mol. The Hall–Kier alpha value is -2.09. The summed E-state index contributed by atoms with van der Waals surface area (Å²) in [5.74, 6) is 0.939. The fourth-order valence-corrected chi connectivity index (χ4v) is 2.71. The van der Waals surface area contributed by atoms with Crippen LogP contribution < -0.4 is 14.2 Å². The topological polar surface area (TPSA) is 77.1 Å². The molecule has 1 aromatic carbocycles. The van der Waals surface area contributed by atoms with Gasteiger partial charge in [0, 0.05) is 19.0 Å². The third-order valence-corrected chi connectivity index (χ3v) is 4.18. The molecule has 0 bridgehead atoms. The number of hydrogen-bond acceptors (Lipinski definition) is 6. The van der Waals surface area contributed by atoms with Crippen LogP contribution in [0.3, 0.4) is 0 Å². The number of benzene rings is 1. The van der Waals surface area contributed by atoms with Crippen LogP contribution in [-0.2, 0) is 11.2 Å². The first kappa shape index (κ1) is 19.2. The summed E-state index contributed by atoms with van der Waals surface area (Å²) >= 11 is 0.796. The number of ether oxygens (including phenoxy) is 3. The lowest BCUT2D eigenvalue weighted by Crippen LogP contribution is -2.29. The molecular formula is C17H24N2O5S. The van der Waals surface area contributed by atoms with E-state index in [1.54, 1.807) is 6.07 Å². The lowest BCUT2D eigenvalue weighted by atomic mass is 10.0. The molecule has 7 nitrogen and oxygen atoms in total. The Balaban J connectivity index is 1.84. The molecule has 0 aromatic heterocycles. The van der Waals surface area contributed by atoms with Gasteiger partial charge in [-0.1, -0.05) is 25.5 Å². The molecule has 1 aromatic rings. The Morgan fingerprint density at radius 3 is 2.88 bits per heavy atom. The summed E-state index contributed by atoms with van der Waals surface area (Å²) in [4.78, 5) is 23.7. The Morgan fingerprint density at radius 1 is 1.40 bits per heavy atom. The molecule has 8 heteroatoms. The van der Waals surface area contributed by atoms with Crippen molar-refractivity contribution in [2.75, 3.05) is 13.7 Å². The van der Waals surface area contributed by atoms with E-state index in [2.05, 4.69) is 4.72 Å². The molecule has 138 valence electrons. The van der Waals surface area contributed by atoms with Gasteiger partial charge in [-0.3, -0.25) is 0 Å². The van der Waals surface area contributed by atoms with Gasteiger partial charge in [-0.25, -0.2) is 18.6 Å². The van der Waals surface area contributed by atoms with Crippen LogP contribution in [-0.4, -0.2) is 35.7 Å². The smallest absolute Gasteiger partial charge is 0.424 e. The van der Waals surface area contributed by atoms with Gasteiger partial charge in [-0.05, 0) is 26.3 Å². The molecular weight excluding hydrogens is 344 g/mol. The summed E-state index contributed by atoms with van der Waals surface area (Å²) in [6.45, 7) is 6.32. The number of amides is 2. The highest BCUT2D eigenvalue weighted by Crippen LogP contribution is 2.41.